The second-order valence-electron chi connectivity index (χ2n) is 5.99. The summed E-state index contributed by atoms with van der Waals surface area (Å²) >= 11 is 0. The average molecular weight is 236 g/mol. The van der Waals surface area contributed by atoms with Crippen LogP contribution < -0.4 is 5.73 Å². The molecule has 1 atom stereocenters. The molecule has 0 radical (unpaired) electrons. The van der Waals surface area contributed by atoms with Crippen molar-refractivity contribution in [1.29, 1.82) is 0 Å². The molecule has 0 bridgehead atoms. The first-order chi connectivity index (χ1) is 8.03. The van der Waals surface area contributed by atoms with E-state index < -0.39 is 0 Å². The summed E-state index contributed by atoms with van der Waals surface area (Å²) in [5, 5.41) is 0. The second kappa shape index (κ2) is 4.83. The molecule has 0 saturated heterocycles. The molecule has 3 nitrogen and oxygen atoms in total. The molecule has 0 spiro atoms. The van der Waals surface area contributed by atoms with Crippen molar-refractivity contribution in [3.8, 4) is 0 Å². The number of rotatable bonds is 4. The Labute approximate surface area is 104 Å². The van der Waals surface area contributed by atoms with E-state index in [-0.39, 0.29) is 5.41 Å². The first-order valence-corrected chi connectivity index (χ1v) is 6.50. The molecule has 2 N–H and O–H groups in total. The predicted octanol–water partition coefficient (Wildman–Crippen LogP) is 2.57. The van der Waals surface area contributed by atoms with Crippen LogP contribution in [0.2, 0.25) is 0 Å². The summed E-state index contributed by atoms with van der Waals surface area (Å²) in [7, 11) is 2.20. The van der Waals surface area contributed by atoms with Gasteiger partial charge in [0.25, 0.3) is 0 Å². The van der Waals surface area contributed by atoms with Crippen molar-refractivity contribution in [1.82, 2.24) is 4.90 Å². The highest BCUT2D eigenvalue weighted by atomic mass is 16.3. The fourth-order valence-electron chi connectivity index (χ4n) is 2.77. The number of aryl methyl sites for hydroxylation is 1. The topological polar surface area (TPSA) is 42.4 Å². The highest BCUT2D eigenvalue weighted by Gasteiger charge is 2.28. The van der Waals surface area contributed by atoms with E-state index in [4.69, 9.17) is 10.2 Å². The number of hydrogen-bond donors (Lipinski definition) is 1. The molecular weight excluding hydrogens is 212 g/mol. The minimum Gasteiger partial charge on any atom is -0.469 e. The van der Waals surface area contributed by atoms with E-state index in [1.165, 1.54) is 24.2 Å². The smallest absolute Gasteiger partial charge is 0.108 e. The number of furan rings is 1. The molecular formula is C14H24N2O. The van der Waals surface area contributed by atoms with Gasteiger partial charge in [-0.05, 0) is 37.9 Å². The van der Waals surface area contributed by atoms with E-state index in [0.29, 0.717) is 6.04 Å². The fraction of sp³-hybridized carbons (Fsp3) is 0.714. The monoisotopic (exact) mass is 236 g/mol. The summed E-state index contributed by atoms with van der Waals surface area (Å²) in [5.74, 6) is 1.18. The normalized spacial score (nSPS) is 20.6. The molecule has 0 aliphatic heterocycles. The van der Waals surface area contributed by atoms with Crippen molar-refractivity contribution in [2.24, 2.45) is 11.1 Å². The third-order valence-electron chi connectivity index (χ3n) is 3.78. The van der Waals surface area contributed by atoms with E-state index in [1.807, 2.05) is 6.26 Å². The van der Waals surface area contributed by atoms with Gasteiger partial charge in [0.05, 0.1) is 6.26 Å². The van der Waals surface area contributed by atoms with Crippen molar-refractivity contribution in [3.63, 3.8) is 0 Å². The number of hydrogen-bond acceptors (Lipinski definition) is 3. The lowest BCUT2D eigenvalue weighted by molar-refractivity contribution is 0.150. The zero-order chi connectivity index (χ0) is 12.5. The van der Waals surface area contributed by atoms with Crippen LogP contribution >= 0.6 is 0 Å². The van der Waals surface area contributed by atoms with Crippen molar-refractivity contribution in [2.75, 3.05) is 20.1 Å². The minimum atomic E-state index is 0.177. The largest absolute Gasteiger partial charge is 0.469 e. The van der Waals surface area contributed by atoms with Crippen LogP contribution in [0.5, 0.6) is 0 Å². The maximum absolute atomic E-state index is 5.81. The van der Waals surface area contributed by atoms with Crippen LogP contribution in [0.3, 0.4) is 0 Å². The van der Waals surface area contributed by atoms with Gasteiger partial charge in [0, 0.05) is 24.6 Å². The van der Waals surface area contributed by atoms with Gasteiger partial charge < -0.3 is 10.2 Å². The van der Waals surface area contributed by atoms with E-state index in [9.17, 15) is 0 Å². The van der Waals surface area contributed by atoms with E-state index in [0.717, 1.165) is 19.5 Å². The number of nitrogens with zero attached hydrogens (tertiary/aromatic N) is 1. The lowest BCUT2D eigenvalue weighted by atomic mass is 9.88. The maximum Gasteiger partial charge on any atom is 0.108 e. The summed E-state index contributed by atoms with van der Waals surface area (Å²) in [5.41, 5.74) is 7.37. The van der Waals surface area contributed by atoms with Crippen LogP contribution in [0, 0.1) is 5.41 Å². The minimum absolute atomic E-state index is 0.177. The van der Waals surface area contributed by atoms with Crippen LogP contribution in [0.15, 0.2) is 16.7 Å². The molecule has 1 aromatic heterocycles. The Morgan fingerprint density at radius 2 is 2.29 bits per heavy atom. The molecule has 2 rings (SSSR count). The van der Waals surface area contributed by atoms with Gasteiger partial charge in [-0.1, -0.05) is 13.8 Å². The van der Waals surface area contributed by atoms with Gasteiger partial charge in [-0.2, -0.15) is 0 Å². The molecule has 3 heteroatoms. The third-order valence-corrected chi connectivity index (χ3v) is 3.78. The van der Waals surface area contributed by atoms with Crippen LogP contribution in [0.4, 0.5) is 0 Å². The van der Waals surface area contributed by atoms with Crippen LogP contribution in [0.25, 0.3) is 0 Å². The van der Waals surface area contributed by atoms with E-state index in [2.05, 4.69) is 31.9 Å². The van der Waals surface area contributed by atoms with Gasteiger partial charge in [0.1, 0.15) is 5.76 Å². The van der Waals surface area contributed by atoms with Crippen LogP contribution in [0.1, 0.15) is 44.1 Å². The van der Waals surface area contributed by atoms with Crippen molar-refractivity contribution in [2.45, 2.75) is 39.2 Å². The Morgan fingerprint density at radius 3 is 3.00 bits per heavy atom. The van der Waals surface area contributed by atoms with Crippen LogP contribution in [-0.4, -0.2) is 25.0 Å². The van der Waals surface area contributed by atoms with Gasteiger partial charge in [-0.15, -0.1) is 0 Å². The Balaban J connectivity index is 2.09. The zero-order valence-electron chi connectivity index (χ0n) is 11.2. The molecule has 0 saturated carbocycles. The molecule has 0 amide bonds. The molecule has 1 aliphatic carbocycles. The molecule has 17 heavy (non-hydrogen) atoms. The molecule has 0 fully saturated rings. The van der Waals surface area contributed by atoms with Crippen molar-refractivity contribution < 1.29 is 4.42 Å². The van der Waals surface area contributed by atoms with Crippen molar-refractivity contribution >= 4 is 0 Å². The van der Waals surface area contributed by atoms with Gasteiger partial charge in [0.15, 0.2) is 0 Å². The fourth-order valence-corrected chi connectivity index (χ4v) is 2.77. The number of fused-ring (bicyclic) bond motifs is 1. The maximum atomic E-state index is 5.81. The van der Waals surface area contributed by atoms with Gasteiger partial charge in [-0.3, -0.25) is 4.90 Å². The third kappa shape index (κ3) is 2.72. The second-order valence-corrected chi connectivity index (χ2v) is 5.99. The summed E-state index contributed by atoms with van der Waals surface area (Å²) < 4.78 is 5.54. The Kier molecular flexibility index (Phi) is 3.59. The first kappa shape index (κ1) is 12.7. The molecule has 1 heterocycles. The summed E-state index contributed by atoms with van der Waals surface area (Å²) in [6.07, 6.45) is 5.36. The van der Waals surface area contributed by atoms with Crippen LogP contribution in [-0.2, 0) is 6.42 Å². The highest BCUT2D eigenvalue weighted by Crippen LogP contribution is 2.35. The van der Waals surface area contributed by atoms with Gasteiger partial charge >= 0.3 is 0 Å². The Hall–Kier alpha value is -0.800. The first-order valence-electron chi connectivity index (χ1n) is 6.50. The molecule has 96 valence electrons. The Bertz CT molecular complexity index is 370. The number of nitrogens with two attached hydrogens (primary N) is 1. The quantitative estimate of drug-likeness (QED) is 0.873. The molecule has 1 aromatic rings. The predicted molar refractivity (Wildman–Crippen MR) is 69.9 cm³/mol. The zero-order valence-corrected chi connectivity index (χ0v) is 11.2. The Morgan fingerprint density at radius 1 is 1.53 bits per heavy atom. The van der Waals surface area contributed by atoms with E-state index >= 15 is 0 Å². The molecule has 0 aromatic carbocycles. The highest BCUT2D eigenvalue weighted by molar-refractivity contribution is 5.24. The lowest BCUT2D eigenvalue weighted by Crippen LogP contribution is -2.39. The SMILES string of the molecule is CN(CC(C)(C)CN)C1CCCc2occc21. The lowest BCUT2D eigenvalue weighted by Gasteiger charge is -2.36. The van der Waals surface area contributed by atoms with Gasteiger partial charge in [-0.25, -0.2) is 0 Å². The van der Waals surface area contributed by atoms with E-state index in [1.54, 1.807) is 0 Å². The summed E-state index contributed by atoms with van der Waals surface area (Å²) in [6, 6.07) is 2.63. The standard InChI is InChI=1S/C14H24N2O/c1-14(2,9-15)10-16(3)12-5-4-6-13-11(12)7-8-17-13/h7-8,12H,4-6,9-10,15H2,1-3H3. The molecule has 1 aliphatic rings. The average Bonchev–Trinajstić information content (AvgIpc) is 2.76. The van der Waals surface area contributed by atoms with Crippen molar-refractivity contribution in [3.05, 3.63) is 23.7 Å². The van der Waals surface area contributed by atoms with Gasteiger partial charge in [0.2, 0.25) is 0 Å². The summed E-state index contributed by atoms with van der Waals surface area (Å²) in [6.45, 7) is 6.20. The summed E-state index contributed by atoms with van der Waals surface area (Å²) in [4.78, 5) is 2.43. The molecule has 1 unspecified atom stereocenters.